The SMILES string of the molecule is CN(C)C[C@H]1[C@@H]2CC[C@@H](C2)[C@@H]1O. The second kappa shape index (κ2) is 3.00. The van der Waals surface area contributed by atoms with Crippen LogP contribution in [0.25, 0.3) is 0 Å². The van der Waals surface area contributed by atoms with Crippen LogP contribution >= 0.6 is 0 Å². The predicted molar refractivity (Wildman–Crippen MR) is 48.9 cm³/mol. The number of rotatable bonds is 2. The topological polar surface area (TPSA) is 23.5 Å². The third-order valence-electron chi connectivity index (χ3n) is 3.62. The average molecular weight is 169 g/mol. The molecule has 0 radical (unpaired) electrons. The van der Waals surface area contributed by atoms with Crippen LogP contribution in [0.1, 0.15) is 19.3 Å². The molecule has 2 rings (SSSR count). The normalized spacial score (nSPS) is 46.0. The molecular weight excluding hydrogens is 150 g/mol. The van der Waals surface area contributed by atoms with E-state index in [0.29, 0.717) is 11.8 Å². The Morgan fingerprint density at radius 3 is 2.42 bits per heavy atom. The highest BCUT2D eigenvalue weighted by Gasteiger charge is 2.46. The van der Waals surface area contributed by atoms with E-state index in [0.717, 1.165) is 12.5 Å². The van der Waals surface area contributed by atoms with Crippen LogP contribution < -0.4 is 0 Å². The third-order valence-corrected chi connectivity index (χ3v) is 3.62. The van der Waals surface area contributed by atoms with Gasteiger partial charge in [-0.25, -0.2) is 0 Å². The Labute approximate surface area is 74.6 Å². The highest BCUT2D eigenvalue weighted by atomic mass is 16.3. The maximum absolute atomic E-state index is 9.90. The van der Waals surface area contributed by atoms with E-state index < -0.39 is 0 Å². The fourth-order valence-corrected chi connectivity index (χ4v) is 3.06. The molecule has 4 atom stereocenters. The van der Waals surface area contributed by atoms with Gasteiger partial charge < -0.3 is 10.0 Å². The quantitative estimate of drug-likeness (QED) is 0.665. The lowest BCUT2D eigenvalue weighted by atomic mass is 9.86. The van der Waals surface area contributed by atoms with Crippen LogP contribution in [0.5, 0.6) is 0 Å². The van der Waals surface area contributed by atoms with Gasteiger partial charge in [0.15, 0.2) is 0 Å². The van der Waals surface area contributed by atoms with E-state index in [1.165, 1.54) is 19.3 Å². The van der Waals surface area contributed by atoms with Gasteiger partial charge in [-0.3, -0.25) is 0 Å². The molecule has 70 valence electrons. The molecule has 0 aliphatic heterocycles. The van der Waals surface area contributed by atoms with Gasteiger partial charge >= 0.3 is 0 Å². The van der Waals surface area contributed by atoms with Crippen molar-refractivity contribution in [1.29, 1.82) is 0 Å². The molecule has 2 fully saturated rings. The fourth-order valence-electron chi connectivity index (χ4n) is 3.06. The van der Waals surface area contributed by atoms with Crippen molar-refractivity contribution < 1.29 is 5.11 Å². The molecule has 0 aromatic carbocycles. The Morgan fingerprint density at radius 1 is 1.25 bits per heavy atom. The van der Waals surface area contributed by atoms with Gasteiger partial charge in [-0.2, -0.15) is 0 Å². The number of fused-ring (bicyclic) bond motifs is 2. The zero-order valence-electron chi connectivity index (χ0n) is 8.03. The highest BCUT2D eigenvalue weighted by Crippen LogP contribution is 2.48. The summed E-state index contributed by atoms with van der Waals surface area (Å²) in [7, 11) is 4.19. The Balaban J connectivity index is 1.98. The lowest BCUT2D eigenvalue weighted by Crippen LogP contribution is -2.35. The Bertz CT molecular complexity index is 167. The van der Waals surface area contributed by atoms with Crippen molar-refractivity contribution in [1.82, 2.24) is 4.90 Å². The van der Waals surface area contributed by atoms with Gasteiger partial charge in [0, 0.05) is 12.5 Å². The first-order valence-corrected chi connectivity index (χ1v) is 5.01. The molecule has 2 aliphatic carbocycles. The Kier molecular flexibility index (Phi) is 2.13. The summed E-state index contributed by atoms with van der Waals surface area (Å²) < 4.78 is 0. The molecule has 2 bridgehead atoms. The molecule has 0 spiro atoms. The molecule has 0 amide bonds. The van der Waals surface area contributed by atoms with Crippen molar-refractivity contribution in [2.75, 3.05) is 20.6 Å². The monoisotopic (exact) mass is 169 g/mol. The molecule has 12 heavy (non-hydrogen) atoms. The molecule has 0 heterocycles. The minimum absolute atomic E-state index is 0.00569. The first kappa shape index (κ1) is 8.52. The maximum Gasteiger partial charge on any atom is 0.0611 e. The molecule has 0 aromatic heterocycles. The lowest BCUT2D eigenvalue weighted by molar-refractivity contribution is 0.0459. The second-order valence-corrected chi connectivity index (χ2v) is 4.75. The van der Waals surface area contributed by atoms with Crippen molar-refractivity contribution in [3.8, 4) is 0 Å². The lowest BCUT2D eigenvalue weighted by Gasteiger charge is -2.29. The molecule has 0 unspecified atom stereocenters. The first-order chi connectivity index (χ1) is 5.68. The molecule has 2 saturated carbocycles. The maximum atomic E-state index is 9.90. The summed E-state index contributed by atoms with van der Waals surface area (Å²) in [5.74, 6) is 2.03. The summed E-state index contributed by atoms with van der Waals surface area (Å²) in [6, 6.07) is 0. The highest BCUT2D eigenvalue weighted by molar-refractivity contribution is 4.97. The summed E-state index contributed by atoms with van der Waals surface area (Å²) in [6.07, 6.45) is 3.93. The molecule has 2 heteroatoms. The molecule has 2 nitrogen and oxygen atoms in total. The Morgan fingerprint density at radius 2 is 1.92 bits per heavy atom. The molecular formula is C10H19NO. The van der Waals surface area contributed by atoms with Gasteiger partial charge in [0.05, 0.1) is 6.10 Å². The smallest absolute Gasteiger partial charge is 0.0611 e. The van der Waals surface area contributed by atoms with Gasteiger partial charge in [0.25, 0.3) is 0 Å². The fraction of sp³-hybridized carbons (Fsp3) is 1.00. The summed E-state index contributed by atoms with van der Waals surface area (Å²) in [6.45, 7) is 1.07. The summed E-state index contributed by atoms with van der Waals surface area (Å²) in [5, 5.41) is 9.90. The summed E-state index contributed by atoms with van der Waals surface area (Å²) in [4.78, 5) is 2.20. The van der Waals surface area contributed by atoms with Gasteiger partial charge in [-0.15, -0.1) is 0 Å². The van der Waals surface area contributed by atoms with Crippen LogP contribution in [0, 0.1) is 17.8 Å². The van der Waals surface area contributed by atoms with Crippen LogP contribution in [0.4, 0.5) is 0 Å². The van der Waals surface area contributed by atoms with Crippen LogP contribution in [0.3, 0.4) is 0 Å². The summed E-state index contributed by atoms with van der Waals surface area (Å²) in [5.41, 5.74) is 0. The van der Waals surface area contributed by atoms with E-state index in [1.807, 2.05) is 0 Å². The van der Waals surface area contributed by atoms with Crippen LogP contribution in [0.2, 0.25) is 0 Å². The number of hydrogen-bond donors (Lipinski definition) is 1. The number of hydrogen-bond acceptors (Lipinski definition) is 2. The van der Waals surface area contributed by atoms with Crippen LogP contribution in [-0.4, -0.2) is 36.8 Å². The zero-order chi connectivity index (χ0) is 8.72. The van der Waals surface area contributed by atoms with E-state index >= 15 is 0 Å². The van der Waals surface area contributed by atoms with E-state index in [4.69, 9.17) is 0 Å². The van der Waals surface area contributed by atoms with Gasteiger partial charge in [0.2, 0.25) is 0 Å². The molecule has 0 saturated heterocycles. The second-order valence-electron chi connectivity index (χ2n) is 4.75. The standard InChI is InChI=1S/C10H19NO/c1-11(2)6-9-7-3-4-8(5-7)10(9)12/h7-10,12H,3-6H2,1-2H3/t7-,8+,9+,10+/m1/s1. The van der Waals surface area contributed by atoms with Crippen molar-refractivity contribution >= 4 is 0 Å². The first-order valence-electron chi connectivity index (χ1n) is 5.01. The van der Waals surface area contributed by atoms with Gasteiger partial charge in [-0.05, 0) is 45.2 Å². The zero-order valence-corrected chi connectivity index (χ0v) is 8.03. The van der Waals surface area contributed by atoms with Gasteiger partial charge in [0.1, 0.15) is 0 Å². The minimum Gasteiger partial charge on any atom is -0.392 e. The van der Waals surface area contributed by atoms with E-state index in [1.54, 1.807) is 0 Å². The van der Waals surface area contributed by atoms with Crippen molar-refractivity contribution in [2.45, 2.75) is 25.4 Å². The molecule has 1 N–H and O–H groups in total. The van der Waals surface area contributed by atoms with Crippen LogP contribution in [-0.2, 0) is 0 Å². The van der Waals surface area contributed by atoms with Gasteiger partial charge in [-0.1, -0.05) is 0 Å². The number of aliphatic hydroxyl groups excluding tert-OH is 1. The number of aliphatic hydroxyl groups is 1. The largest absolute Gasteiger partial charge is 0.392 e. The van der Waals surface area contributed by atoms with Crippen molar-refractivity contribution in [3.63, 3.8) is 0 Å². The minimum atomic E-state index is 0.00569. The van der Waals surface area contributed by atoms with Crippen molar-refractivity contribution in [2.24, 2.45) is 17.8 Å². The van der Waals surface area contributed by atoms with E-state index in [-0.39, 0.29) is 6.10 Å². The van der Waals surface area contributed by atoms with E-state index in [9.17, 15) is 5.11 Å². The summed E-state index contributed by atoms with van der Waals surface area (Å²) >= 11 is 0. The third kappa shape index (κ3) is 1.27. The molecule has 2 aliphatic rings. The van der Waals surface area contributed by atoms with Crippen LogP contribution in [0.15, 0.2) is 0 Å². The molecule has 0 aromatic rings. The number of nitrogens with zero attached hydrogens (tertiary/aromatic N) is 1. The average Bonchev–Trinajstić information content (AvgIpc) is 2.53. The van der Waals surface area contributed by atoms with Crippen molar-refractivity contribution in [3.05, 3.63) is 0 Å². The Hall–Kier alpha value is -0.0800. The predicted octanol–water partition coefficient (Wildman–Crippen LogP) is 0.955. The van der Waals surface area contributed by atoms with E-state index in [2.05, 4.69) is 19.0 Å².